The molecule has 2 N–H and O–H groups in total. The Morgan fingerprint density at radius 1 is 1.21 bits per heavy atom. The normalized spacial score (nSPS) is 20.3. The molecule has 0 bridgehead atoms. The molecule has 1 saturated heterocycles. The van der Waals surface area contributed by atoms with Crippen LogP contribution in [0.5, 0.6) is 0 Å². The number of hydrogen-bond acceptors (Lipinski definition) is 4. The third kappa shape index (κ3) is 3.37. The van der Waals surface area contributed by atoms with Gasteiger partial charge in [0.25, 0.3) is 0 Å². The van der Waals surface area contributed by atoms with E-state index in [2.05, 4.69) is 40.4 Å². The first-order valence-electron chi connectivity index (χ1n) is 10.2. The van der Waals surface area contributed by atoms with E-state index in [1.54, 1.807) is 4.31 Å². The molecule has 0 spiro atoms. The van der Waals surface area contributed by atoms with Crippen LogP contribution in [0.4, 0.5) is 0 Å². The third-order valence-corrected chi connectivity index (χ3v) is 7.57. The summed E-state index contributed by atoms with van der Waals surface area (Å²) in [5, 5.41) is 4.74. The second kappa shape index (κ2) is 6.93. The van der Waals surface area contributed by atoms with Gasteiger partial charge in [0.1, 0.15) is 5.65 Å². The lowest BCUT2D eigenvalue weighted by molar-refractivity contribution is 0.391. The molecule has 5 rings (SSSR count). The summed E-state index contributed by atoms with van der Waals surface area (Å²) in [5.74, 6) is 0. The van der Waals surface area contributed by atoms with Crippen LogP contribution in [0.1, 0.15) is 41.1 Å². The van der Waals surface area contributed by atoms with Crippen LogP contribution >= 0.6 is 0 Å². The van der Waals surface area contributed by atoms with Crippen LogP contribution in [-0.4, -0.2) is 42.0 Å². The number of aryl methyl sites for hydroxylation is 1. The molecule has 2 aromatic heterocycles. The number of H-pyrrole nitrogens is 1. The summed E-state index contributed by atoms with van der Waals surface area (Å²) < 4.78 is 25.9. The predicted molar refractivity (Wildman–Crippen MR) is 115 cm³/mol. The molecular formula is C22H26N4O2S. The van der Waals surface area contributed by atoms with E-state index in [0.29, 0.717) is 13.1 Å². The molecule has 1 aromatic carbocycles. The minimum Gasteiger partial charge on any atom is -0.346 e. The van der Waals surface area contributed by atoms with Crippen molar-refractivity contribution in [3.63, 3.8) is 0 Å². The van der Waals surface area contributed by atoms with Gasteiger partial charge in [-0.25, -0.2) is 13.4 Å². The topological polar surface area (TPSA) is 78.1 Å². The Morgan fingerprint density at radius 3 is 2.83 bits per heavy atom. The first-order chi connectivity index (χ1) is 13.9. The molecule has 3 aromatic rings. The zero-order chi connectivity index (χ0) is 20.2. The van der Waals surface area contributed by atoms with E-state index in [-0.39, 0.29) is 6.04 Å². The molecule has 1 unspecified atom stereocenters. The van der Waals surface area contributed by atoms with Crippen LogP contribution in [0.2, 0.25) is 0 Å². The largest absolute Gasteiger partial charge is 0.346 e. The Labute approximate surface area is 171 Å². The molecule has 152 valence electrons. The highest BCUT2D eigenvalue weighted by molar-refractivity contribution is 7.88. The van der Waals surface area contributed by atoms with Crippen LogP contribution in [0.15, 0.2) is 30.6 Å². The number of sulfonamides is 1. The van der Waals surface area contributed by atoms with Gasteiger partial charge in [0.15, 0.2) is 0 Å². The molecule has 6 nitrogen and oxygen atoms in total. The average Bonchev–Trinajstić information content (AvgIpc) is 3.36. The van der Waals surface area contributed by atoms with Crippen molar-refractivity contribution in [2.75, 3.05) is 19.3 Å². The summed E-state index contributed by atoms with van der Waals surface area (Å²) in [6.07, 6.45) is 8.20. The molecule has 0 radical (unpaired) electrons. The van der Waals surface area contributed by atoms with Crippen molar-refractivity contribution >= 4 is 21.1 Å². The Hall–Kier alpha value is -2.22. The Balaban J connectivity index is 1.64. The van der Waals surface area contributed by atoms with E-state index in [1.807, 2.05) is 12.4 Å². The van der Waals surface area contributed by atoms with Crippen LogP contribution in [0, 0.1) is 6.92 Å². The number of rotatable bonds is 3. The van der Waals surface area contributed by atoms with E-state index in [1.165, 1.54) is 28.5 Å². The second-order valence-corrected chi connectivity index (χ2v) is 10.3. The number of nitrogens with zero attached hydrogens (tertiary/aromatic N) is 2. The third-order valence-electron chi connectivity index (χ3n) is 6.32. The number of aromatic nitrogens is 2. The average molecular weight is 411 g/mol. The van der Waals surface area contributed by atoms with Crippen molar-refractivity contribution in [3.05, 3.63) is 52.8 Å². The molecule has 0 saturated carbocycles. The molecule has 29 heavy (non-hydrogen) atoms. The summed E-state index contributed by atoms with van der Waals surface area (Å²) >= 11 is 0. The Morgan fingerprint density at radius 2 is 2.07 bits per heavy atom. The lowest BCUT2D eigenvalue weighted by Gasteiger charge is -2.30. The van der Waals surface area contributed by atoms with E-state index in [0.717, 1.165) is 48.0 Å². The molecule has 0 amide bonds. The molecule has 2 aliphatic rings. The zero-order valence-corrected chi connectivity index (χ0v) is 17.6. The molecular weight excluding hydrogens is 384 g/mol. The number of hydrogen-bond donors (Lipinski definition) is 2. The van der Waals surface area contributed by atoms with E-state index < -0.39 is 10.0 Å². The lowest BCUT2D eigenvalue weighted by atomic mass is 9.87. The minimum atomic E-state index is -3.19. The minimum absolute atomic E-state index is 0.286. The summed E-state index contributed by atoms with van der Waals surface area (Å²) in [7, 11) is -3.19. The quantitative estimate of drug-likeness (QED) is 0.695. The summed E-state index contributed by atoms with van der Waals surface area (Å²) in [6, 6.07) is 6.97. The van der Waals surface area contributed by atoms with Gasteiger partial charge in [-0.1, -0.05) is 6.07 Å². The number of aromatic amines is 1. The smallest absolute Gasteiger partial charge is 0.211 e. The van der Waals surface area contributed by atoms with Gasteiger partial charge in [-0.2, -0.15) is 4.31 Å². The molecule has 2 aliphatic heterocycles. The summed E-state index contributed by atoms with van der Waals surface area (Å²) in [5.41, 5.74) is 8.05. The molecule has 7 heteroatoms. The number of nitrogens with one attached hydrogen (secondary N) is 2. The van der Waals surface area contributed by atoms with Crippen molar-refractivity contribution in [1.29, 1.82) is 0 Å². The van der Waals surface area contributed by atoms with Gasteiger partial charge in [0, 0.05) is 42.5 Å². The van der Waals surface area contributed by atoms with E-state index >= 15 is 0 Å². The fraction of sp³-hybridized carbons (Fsp3) is 0.409. The summed E-state index contributed by atoms with van der Waals surface area (Å²) in [6.45, 7) is 4.11. The van der Waals surface area contributed by atoms with Gasteiger partial charge in [-0.15, -0.1) is 0 Å². The van der Waals surface area contributed by atoms with Gasteiger partial charge in [-0.3, -0.25) is 0 Å². The van der Waals surface area contributed by atoms with Crippen LogP contribution in [0.25, 0.3) is 22.2 Å². The van der Waals surface area contributed by atoms with Crippen LogP contribution < -0.4 is 5.32 Å². The molecule has 0 aliphatic carbocycles. The van der Waals surface area contributed by atoms with Gasteiger partial charge < -0.3 is 10.3 Å². The zero-order valence-electron chi connectivity index (χ0n) is 16.8. The van der Waals surface area contributed by atoms with Gasteiger partial charge in [-0.05, 0) is 72.7 Å². The van der Waals surface area contributed by atoms with E-state index in [4.69, 9.17) is 0 Å². The van der Waals surface area contributed by atoms with Crippen molar-refractivity contribution < 1.29 is 8.42 Å². The van der Waals surface area contributed by atoms with Crippen LogP contribution in [-0.2, 0) is 23.0 Å². The highest BCUT2D eigenvalue weighted by atomic mass is 32.2. The molecule has 1 atom stereocenters. The first-order valence-corrected chi connectivity index (χ1v) is 12.0. The SMILES string of the molecule is Cc1c[nH]c2ncc(-c3cc4c(c(C5CCCN5)c3)CN(S(C)(=O)=O)CC4)cc12. The lowest BCUT2D eigenvalue weighted by Crippen LogP contribution is -2.36. The molecule has 1 fully saturated rings. The van der Waals surface area contributed by atoms with Crippen LogP contribution in [0.3, 0.4) is 0 Å². The number of benzene rings is 1. The van der Waals surface area contributed by atoms with Crippen molar-refractivity contribution in [1.82, 2.24) is 19.6 Å². The fourth-order valence-electron chi connectivity index (χ4n) is 4.68. The maximum absolute atomic E-state index is 12.1. The van der Waals surface area contributed by atoms with Crippen molar-refractivity contribution in [2.45, 2.75) is 38.8 Å². The van der Waals surface area contributed by atoms with Gasteiger partial charge >= 0.3 is 0 Å². The molecule has 4 heterocycles. The highest BCUT2D eigenvalue weighted by Gasteiger charge is 2.29. The number of fused-ring (bicyclic) bond motifs is 2. The predicted octanol–water partition coefficient (Wildman–Crippen LogP) is 3.28. The maximum atomic E-state index is 12.1. The Bertz CT molecular complexity index is 1190. The van der Waals surface area contributed by atoms with E-state index in [9.17, 15) is 8.42 Å². The highest BCUT2D eigenvalue weighted by Crippen LogP contribution is 2.36. The number of pyridine rings is 1. The second-order valence-electron chi connectivity index (χ2n) is 8.29. The summed E-state index contributed by atoms with van der Waals surface area (Å²) in [4.78, 5) is 7.81. The van der Waals surface area contributed by atoms with Gasteiger partial charge in [0.2, 0.25) is 10.0 Å². The van der Waals surface area contributed by atoms with Gasteiger partial charge in [0.05, 0.1) is 6.26 Å². The Kier molecular flexibility index (Phi) is 4.49. The van der Waals surface area contributed by atoms with Crippen molar-refractivity contribution in [3.8, 4) is 11.1 Å². The standard InChI is InChI=1S/C22H26N4O2S/c1-14-11-24-22-18(14)10-17(12-25-22)16-8-15-5-7-26(29(2,27)28)13-20(15)19(9-16)21-4-3-6-23-21/h8-12,21,23H,3-7,13H2,1-2H3,(H,24,25). The monoisotopic (exact) mass is 410 g/mol. The fourth-order valence-corrected chi connectivity index (χ4v) is 5.46. The first kappa shape index (κ1) is 18.8. The van der Waals surface area contributed by atoms with Crippen molar-refractivity contribution in [2.24, 2.45) is 0 Å². The maximum Gasteiger partial charge on any atom is 0.211 e.